The van der Waals surface area contributed by atoms with Crippen molar-refractivity contribution in [2.75, 3.05) is 0 Å². The summed E-state index contributed by atoms with van der Waals surface area (Å²) in [5, 5.41) is 14.8. The van der Waals surface area contributed by atoms with Gasteiger partial charge in [0, 0.05) is 0 Å². The second-order valence-corrected chi connectivity index (χ2v) is 0.610. The van der Waals surface area contributed by atoms with Crippen LogP contribution in [-0.4, -0.2) is 22.2 Å². The van der Waals surface area contributed by atoms with Gasteiger partial charge in [-0.25, -0.2) is 9.59 Å². The fraction of sp³-hybridized carbons (Fsp3) is 0. The summed E-state index contributed by atoms with van der Waals surface area (Å²) in [4.78, 5) is 18.2. The van der Waals surface area contributed by atoms with Crippen LogP contribution in [0.4, 0.5) is 0 Å². The molecule has 0 aromatic rings. The summed E-state index contributed by atoms with van der Waals surface area (Å²) in [5.74, 6) is -3.65. The SMILES string of the molecule is O=C(O)C(=O)O.[Na+].[Na+].[Na+]. The standard InChI is InChI=1S/C2H2O4.3Na/c3-1(4)2(5)6;;;/h(H,3,4)(H,5,6);;;/q;3*+1. The van der Waals surface area contributed by atoms with Gasteiger partial charge in [-0.3, -0.25) is 0 Å². The molecule has 0 aliphatic carbocycles. The Bertz CT molecular complexity index is 79.8. The van der Waals surface area contributed by atoms with Crippen LogP contribution in [0.2, 0.25) is 0 Å². The molecule has 0 amide bonds. The zero-order valence-electron chi connectivity index (χ0n) is 5.71. The predicted octanol–water partition coefficient (Wildman–Crippen LogP) is -9.83. The van der Waals surface area contributed by atoms with Gasteiger partial charge in [0.1, 0.15) is 0 Å². The molecule has 9 heavy (non-hydrogen) atoms. The minimum Gasteiger partial charge on any atom is -0.473 e. The Balaban J connectivity index is -0.0000000417. The molecule has 0 aliphatic rings. The molecule has 7 heteroatoms. The third-order valence-electron chi connectivity index (χ3n) is 0.183. The van der Waals surface area contributed by atoms with E-state index in [1.54, 1.807) is 0 Å². The Morgan fingerprint density at radius 3 is 0.889 bits per heavy atom. The van der Waals surface area contributed by atoms with Crippen molar-refractivity contribution in [2.24, 2.45) is 0 Å². The molecule has 0 saturated carbocycles. The Morgan fingerprint density at radius 1 is 0.778 bits per heavy atom. The molecule has 4 nitrogen and oxygen atoms in total. The zero-order valence-corrected chi connectivity index (χ0v) is 11.7. The summed E-state index contributed by atoms with van der Waals surface area (Å²) in [6.45, 7) is 0. The number of carbonyl (C=O) groups is 2. The quantitative estimate of drug-likeness (QED) is 0.272. The molecule has 0 heterocycles. The maximum Gasteiger partial charge on any atom is 1.00 e. The Hall–Kier alpha value is 1.94. The maximum atomic E-state index is 9.10. The summed E-state index contributed by atoms with van der Waals surface area (Å²) >= 11 is 0. The van der Waals surface area contributed by atoms with E-state index in [4.69, 9.17) is 19.8 Å². The van der Waals surface area contributed by atoms with Gasteiger partial charge in [0.15, 0.2) is 0 Å². The number of carboxylic acid groups (broad SMARTS) is 2. The van der Waals surface area contributed by atoms with Gasteiger partial charge in [-0.1, -0.05) is 0 Å². The number of aliphatic carboxylic acids is 2. The average Bonchev–Trinajstić information content (AvgIpc) is 1.36. The van der Waals surface area contributed by atoms with Crippen molar-refractivity contribution in [1.82, 2.24) is 0 Å². The summed E-state index contributed by atoms with van der Waals surface area (Å²) in [6.07, 6.45) is 0. The molecule has 0 aromatic heterocycles. The maximum absolute atomic E-state index is 9.10. The second kappa shape index (κ2) is 12.6. The Kier molecular flexibility index (Phi) is 31.4. The van der Waals surface area contributed by atoms with Gasteiger partial charge in [-0.15, -0.1) is 0 Å². The van der Waals surface area contributed by atoms with Crippen molar-refractivity contribution in [2.45, 2.75) is 0 Å². The molecule has 0 aliphatic heterocycles. The third-order valence-corrected chi connectivity index (χ3v) is 0.183. The number of carboxylic acids is 2. The number of hydrogen-bond acceptors (Lipinski definition) is 2. The molecule has 34 valence electrons. The number of hydrogen-bond donors (Lipinski definition) is 2. The van der Waals surface area contributed by atoms with E-state index in [0.29, 0.717) is 0 Å². The van der Waals surface area contributed by atoms with Crippen LogP contribution >= 0.6 is 0 Å². The van der Waals surface area contributed by atoms with Gasteiger partial charge in [-0.2, -0.15) is 0 Å². The van der Waals surface area contributed by atoms with Gasteiger partial charge < -0.3 is 10.2 Å². The van der Waals surface area contributed by atoms with Crippen molar-refractivity contribution in [1.29, 1.82) is 0 Å². The van der Waals surface area contributed by atoms with E-state index in [1.807, 2.05) is 0 Å². The molecule has 0 aromatic carbocycles. The first-order valence-corrected chi connectivity index (χ1v) is 1.11. The fourth-order valence-electron chi connectivity index (χ4n) is 0. The summed E-state index contributed by atoms with van der Waals surface area (Å²) in [7, 11) is 0. The first-order chi connectivity index (χ1) is 2.64. The van der Waals surface area contributed by atoms with Crippen LogP contribution in [0, 0.1) is 0 Å². The zero-order chi connectivity index (χ0) is 5.15. The van der Waals surface area contributed by atoms with E-state index >= 15 is 0 Å². The minimum atomic E-state index is -1.82. The van der Waals surface area contributed by atoms with Gasteiger partial charge in [0.25, 0.3) is 0 Å². The average molecular weight is 159 g/mol. The third kappa shape index (κ3) is 17.8. The second-order valence-electron chi connectivity index (χ2n) is 0.610. The van der Waals surface area contributed by atoms with Gasteiger partial charge in [-0.05, 0) is 0 Å². The molecule has 0 rings (SSSR count). The van der Waals surface area contributed by atoms with Crippen LogP contribution in [0.3, 0.4) is 0 Å². The normalized spacial score (nSPS) is 4.89. The van der Waals surface area contributed by atoms with Crippen LogP contribution in [0.15, 0.2) is 0 Å². The molecule has 0 atom stereocenters. The summed E-state index contributed by atoms with van der Waals surface area (Å²) in [5.41, 5.74) is 0. The van der Waals surface area contributed by atoms with E-state index in [2.05, 4.69) is 0 Å². The Morgan fingerprint density at radius 2 is 0.889 bits per heavy atom. The summed E-state index contributed by atoms with van der Waals surface area (Å²) in [6, 6.07) is 0. The van der Waals surface area contributed by atoms with E-state index in [0.717, 1.165) is 0 Å². The molecule has 0 spiro atoms. The topological polar surface area (TPSA) is 74.6 Å². The van der Waals surface area contributed by atoms with Gasteiger partial charge in [0.2, 0.25) is 0 Å². The van der Waals surface area contributed by atoms with Crippen LogP contribution in [-0.2, 0) is 9.59 Å². The van der Waals surface area contributed by atoms with E-state index < -0.39 is 11.9 Å². The minimum absolute atomic E-state index is 0. The van der Waals surface area contributed by atoms with Crippen molar-refractivity contribution in [3.05, 3.63) is 0 Å². The van der Waals surface area contributed by atoms with Crippen LogP contribution in [0.5, 0.6) is 0 Å². The fourth-order valence-corrected chi connectivity index (χ4v) is 0. The van der Waals surface area contributed by atoms with Crippen molar-refractivity contribution < 1.29 is 108 Å². The van der Waals surface area contributed by atoms with Crippen LogP contribution in [0.1, 0.15) is 0 Å². The monoisotopic (exact) mass is 159 g/mol. The molecule has 0 bridgehead atoms. The van der Waals surface area contributed by atoms with E-state index in [1.165, 1.54) is 0 Å². The predicted molar refractivity (Wildman–Crippen MR) is 15.3 cm³/mol. The van der Waals surface area contributed by atoms with E-state index in [9.17, 15) is 0 Å². The Labute approximate surface area is 118 Å². The molecule has 0 radical (unpaired) electrons. The number of rotatable bonds is 0. The molecule has 2 N–H and O–H groups in total. The molecule has 0 fully saturated rings. The summed E-state index contributed by atoms with van der Waals surface area (Å²) < 4.78 is 0. The molecule has 0 saturated heterocycles. The van der Waals surface area contributed by atoms with Crippen LogP contribution in [0.25, 0.3) is 0 Å². The van der Waals surface area contributed by atoms with Gasteiger partial charge in [0.05, 0.1) is 0 Å². The van der Waals surface area contributed by atoms with Crippen molar-refractivity contribution in [3.63, 3.8) is 0 Å². The van der Waals surface area contributed by atoms with E-state index in [-0.39, 0.29) is 88.7 Å². The van der Waals surface area contributed by atoms with Crippen molar-refractivity contribution >= 4 is 11.9 Å². The first-order valence-electron chi connectivity index (χ1n) is 1.11. The molecule has 0 unspecified atom stereocenters. The van der Waals surface area contributed by atoms with Crippen LogP contribution < -0.4 is 88.7 Å². The largest absolute Gasteiger partial charge is 1.00 e. The van der Waals surface area contributed by atoms with Crippen molar-refractivity contribution in [3.8, 4) is 0 Å². The smallest absolute Gasteiger partial charge is 0.473 e. The van der Waals surface area contributed by atoms with Gasteiger partial charge >= 0.3 is 101 Å². The molecular weight excluding hydrogens is 157 g/mol. The first kappa shape index (κ1) is 22.4. The molecular formula is C2H2Na3O4+3.